The molecule has 3 N–H and O–H groups in total. The van der Waals surface area contributed by atoms with Crippen LogP contribution in [-0.2, 0) is 4.65 Å². The molecule has 0 amide bonds. The van der Waals surface area contributed by atoms with Gasteiger partial charge in [0.05, 0.1) is 11.2 Å². The van der Waals surface area contributed by atoms with Crippen molar-refractivity contribution in [3.63, 3.8) is 0 Å². The van der Waals surface area contributed by atoms with Gasteiger partial charge in [-0.1, -0.05) is 17.1 Å². The fourth-order valence-electron chi connectivity index (χ4n) is 1.19. The Morgan fingerprint density at radius 2 is 1.82 bits per heavy atom. The van der Waals surface area contributed by atoms with Crippen molar-refractivity contribution in [2.24, 2.45) is 0 Å². The van der Waals surface area contributed by atoms with Gasteiger partial charge in [-0.25, -0.2) is 0 Å². The van der Waals surface area contributed by atoms with Crippen molar-refractivity contribution >= 4 is 18.6 Å². The van der Waals surface area contributed by atoms with Crippen molar-refractivity contribution in [2.45, 2.75) is 45.8 Å². The van der Waals surface area contributed by atoms with E-state index in [2.05, 4.69) is 0 Å². The Labute approximate surface area is 104 Å². The van der Waals surface area contributed by atoms with Crippen LogP contribution in [0.3, 0.4) is 0 Å². The zero-order valence-electron chi connectivity index (χ0n) is 11.2. The molecule has 0 bridgehead atoms. The van der Waals surface area contributed by atoms with Crippen molar-refractivity contribution in [1.82, 2.24) is 0 Å². The second-order valence-electron chi connectivity index (χ2n) is 5.42. The molecule has 93 valence electrons. The third-order valence-electron chi connectivity index (χ3n) is 3.25. The maximum Gasteiger partial charge on any atom is 0.331 e. The van der Waals surface area contributed by atoms with Gasteiger partial charge in [0.15, 0.2) is 0 Å². The summed E-state index contributed by atoms with van der Waals surface area (Å²) in [5, 5.41) is 9.97. The van der Waals surface area contributed by atoms with E-state index in [9.17, 15) is 5.11 Å². The van der Waals surface area contributed by atoms with Crippen LogP contribution < -0.4 is 11.2 Å². The summed E-state index contributed by atoms with van der Waals surface area (Å²) < 4.78 is 5.68. The molecule has 1 aromatic carbocycles. The highest BCUT2D eigenvalue weighted by Crippen LogP contribution is 2.24. The zero-order valence-corrected chi connectivity index (χ0v) is 11.2. The van der Waals surface area contributed by atoms with E-state index < -0.39 is 11.2 Å². The van der Waals surface area contributed by atoms with Gasteiger partial charge >= 0.3 is 7.48 Å². The largest absolute Gasteiger partial charge is 0.427 e. The molecule has 4 heteroatoms. The molecular weight excluding hydrogens is 213 g/mol. The highest BCUT2D eigenvalue weighted by molar-refractivity contribution is 6.47. The molecule has 1 aromatic rings. The number of aliphatic hydroxyl groups is 1. The van der Waals surface area contributed by atoms with E-state index >= 15 is 0 Å². The van der Waals surface area contributed by atoms with Crippen LogP contribution in [0.4, 0.5) is 5.69 Å². The molecule has 0 atom stereocenters. The third-order valence-corrected chi connectivity index (χ3v) is 3.25. The third kappa shape index (κ3) is 3.48. The topological polar surface area (TPSA) is 55.5 Å². The first-order chi connectivity index (χ1) is 7.63. The Morgan fingerprint density at radius 3 is 2.29 bits per heavy atom. The monoisotopic (exact) mass is 234 g/mol. The minimum atomic E-state index is -0.911. The maximum atomic E-state index is 9.97. The van der Waals surface area contributed by atoms with Gasteiger partial charge in [0.2, 0.25) is 0 Å². The summed E-state index contributed by atoms with van der Waals surface area (Å²) in [4.78, 5) is 0. The summed E-state index contributed by atoms with van der Waals surface area (Å²) in [5.74, 6) is 0. The first kappa shape index (κ1) is 14.1. The van der Waals surface area contributed by atoms with Crippen LogP contribution >= 0.6 is 0 Å². The van der Waals surface area contributed by atoms with E-state index in [1.807, 2.05) is 39.0 Å². The average molecular weight is 234 g/mol. The molecule has 0 saturated carbocycles. The molecule has 0 aliphatic heterocycles. The predicted octanol–water partition coefficient (Wildman–Crippen LogP) is 1.39. The van der Waals surface area contributed by atoms with Crippen LogP contribution in [0.2, 0.25) is 0 Å². The molecule has 0 aromatic heterocycles. The quantitative estimate of drug-likeness (QED) is 0.611. The van der Waals surface area contributed by atoms with Crippen LogP contribution in [-0.4, -0.2) is 23.8 Å². The zero-order chi connectivity index (χ0) is 13.3. The molecule has 0 aliphatic rings. The summed E-state index contributed by atoms with van der Waals surface area (Å²) in [6, 6.07) is 5.64. The van der Waals surface area contributed by atoms with E-state index in [-0.39, 0.29) is 0 Å². The maximum absolute atomic E-state index is 9.97. The first-order valence-corrected chi connectivity index (χ1v) is 5.73. The summed E-state index contributed by atoms with van der Waals surface area (Å²) in [7, 11) is 1.67. The normalized spacial score (nSPS) is 12.6. The molecule has 0 heterocycles. The Kier molecular flexibility index (Phi) is 3.90. The number of aryl methyl sites for hydroxylation is 1. The predicted molar refractivity (Wildman–Crippen MR) is 72.4 cm³/mol. The van der Waals surface area contributed by atoms with Crippen molar-refractivity contribution in [2.75, 3.05) is 5.73 Å². The Morgan fingerprint density at radius 1 is 1.24 bits per heavy atom. The van der Waals surface area contributed by atoms with Crippen LogP contribution in [0, 0.1) is 6.92 Å². The minimum Gasteiger partial charge on any atom is -0.427 e. The van der Waals surface area contributed by atoms with Gasteiger partial charge < -0.3 is 15.5 Å². The van der Waals surface area contributed by atoms with E-state index in [4.69, 9.17) is 10.4 Å². The lowest BCUT2D eigenvalue weighted by atomic mass is 9.80. The van der Waals surface area contributed by atoms with Crippen molar-refractivity contribution < 1.29 is 9.76 Å². The Hall–Kier alpha value is -0.995. The van der Waals surface area contributed by atoms with Crippen LogP contribution in [0.15, 0.2) is 18.2 Å². The molecule has 17 heavy (non-hydrogen) atoms. The Balaban J connectivity index is 2.74. The van der Waals surface area contributed by atoms with E-state index in [1.54, 1.807) is 21.3 Å². The molecular formula is C13H21BNO2. The van der Waals surface area contributed by atoms with E-state index in [0.717, 1.165) is 16.7 Å². The number of rotatable bonds is 4. The fraction of sp³-hybridized carbons (Fsp3) is 0.538. The molecule has 1 radical (unpaired) electrons. The lowest BCUT2D eigenvalue weighted by Gasteiger charge is -2.37. The van der Waals surface area contributed by atoms with Gasteiger partial charge in [-0.2, -0.15) is 0 Å². The second kappa shape index (κ2) is 4.71. The lowest BCUT2D eigenvalue weighted by molar-refractivity contribution is -0.0893. The van der Waals surface area contributed by atoms with Crippen molar-refractivity contribution in [1.29, 1.82) is 0 Å². The molecule has 0 saturated heterocycles. The average Bonchev–Trinajstić information content (AvgIpc) is 2.14. The SMILES string of the molecule is Cc1cc(N)ccc1[B]OC(C)(C)C(C)(C)O. The van der Waals surface area contributed by atoms with Gasteiger partial charge in [-0.15, -0.1) is 0 Å². The number of benzene rings is 1. The lowest BCUT2D eigenvalue weighted by Crippen LogP contribution is -2.49. The summed E-state index contributed by atoms with van der Waals surface area (Å²) in [6.07, 6.45) is 0. The van der Waals surface area contributed by atoms with Gasteiger partial charge in [0.1, 0.15) is 0 Å². The van der Waals surface area contributed by atoms with Crippen molar-refractivity contribution in [3.05, 3.63) is 23.8 Å². The minimum absolute atomic E-state index is 0.652. The first-order valence-electron chi connectivity index (χ1n) is 5.73. The van der Waals surface area contributed by atoms with Gasteiger partial charge in [-0.3, -0.25) is 0 Å². The Bertz CT molecular complexity index is 397. The second-order valence-corrected chi connectivity index (χ2v) is 5.42. The number of hydrogen-bond donors (Lipinski definition) is 2. The van der Waals surface area contributed by atoms with Gasteiger partial charge in [0.25, 0.3) is 0 Å². The van der Waals surface area contributed by atoms with Crippen LogP contribution in [0.25, 0.3) is 0 Å². The van der Waals surface area contributed by atoms with Crippen LogP contribution in [0.1, 0.15) is 33.3 Å². The highest BCUT2D eigenvalue weighted by atomic mass is 16.5. The number of nitrogens with two attached hydrogens (primary N) is 1. The molecule has 0 unspecified atom stereocenters. The smallest absolute Gasteiger partial charge is 0.331 e. The van der Waals surface area contributed by atoms with E-state index in [0.29, 0.717) is 0 Å². The van der Waals surface area contributed by atoms with Crippen LogP contribution in [0.5, 0.6) is 0 Å². The number of hydrogen-bond acceptors (Lipinski definition) is 3. The molecule has 0 fully saturated rings. The van der Waals surface area contributed by atoms with Crippen molar-refractivity contribution in [3.8, 4) is 0 Å². The summed E-state index contributed by atoms with van der Waals surface area (Å²) >= 11 is 0. The standard InChI is InChI=1S/C13H21BNO2/c1-9-8-10(15)6-7-11(9)14-17-13(4,5)12(2,3)16/h6-8,16H,15H2,1-5H3. The molecule has 3 nitrogen and oxygen atoms in total. The molecule has 1 rings (SSSR count). The fourth-order valence-corrected chi connectivity index (χ4v) is 1.19. The summed E-state index contributed by atoms with van der Waals surface area (Å²) in [6.45, 7) is 9.16. The summed E-state index contributed by atoms with van der Waals surface area (Å²) in [5.41, 5.74) is 6.88. The molecule has 0 aliphatic carbocycles. The van der Waals surface area contributed by atoms with Gasteiger partial charge in [0, 0.05) is 5.69 Å². The van der Waals surface area contributed by atoms with E-state index in [1.165, 1.54) is 0 Å². The number of nitrogen functional groups attached to an aromatic ring is 1. The van der Waals surface area contributed by atoms with Gasteiger partial charge in [-0.05, 0) is 46.8 Å². The molecule has 0 spiro atoms. The highest BCUT2D eigenvalue weighted by Gasteiger charge is 2.35. The number of anilines is 1.